The fraction of sp³-hybridized carbons (Fsp3) is 0.435. The molecule has 4 heterocycles. The second-order valence-corrected chi connectivity index (χ2v) is 8.58. The summed E-state index contributed by atoms with van der Waals surface area (Å²) in [5.74, 6) is 2.16. The van der Waals surface area contributed by atoms with Gasteiger partial charge in [-0.2, -0.15) is 9.97 Å². The molecule has 1 aromatic carbocycles. The van der Waals surface area contributed by atoms with Gasteiger partial charge in [0.2, 0.25) is 12.4 Å². The van der Waals surface area contributed by atoms with Crippen LogP contribution in [0.15, 0.2) is 36.5 Å². The second-order valence-electron chi connectivity index (χ2n) is 8.58. The lowest BCUT2D eigenvalue weighted by molar-refractivity contribution is -0.118. The Kier molecular flexibility index (Phi) is 5.81. The molecule has 1 amide bonds. The second kappa shape index (κ2) is 9.04. The van der Waals surface area contributed by atoms with E-state index in [4.69, 9.17) is 10.7 Å². The quantitative estimate of drug-likeness (QED) is 0.511. The van der Waals surface area contributed by atoms with Crippen LogP contribution in [-0.4, -0.2) is 72.1 Å². The molecular weight excluding hydrogens is 404 g/mol. The van der Waals surface area contributed by atoms with Gasteiger partial charge in [0, 0.05) is 56.8 Å². The van der Waals surface area contributed by atoms with Crippen molar-refractivity contribution >= 4 is 40.6 Å². The first kappa shape index (κ1) is 20.6. The van der Waals surface area contributed by atoms with E-state index in [0.29, 0.717) is 11.9 Å². The Bertz CT molecular complexity index is 1050. The Morgan fingerprint density at radius 3 is 2.44 bits per heavy atom. The van der Waals surface area contributed by atoms with Crippen LogP contribution in [0.1, 0.15) is 12.8 Å². The number of piperidine rings is 1. The Morgan fingerprint density at radius 1 is 1.00 bits per heavy atom. The Hall–Kier alpha value is -3.33. The van der Waals surface area contributed by atoms with E-state index in [1.807, 2.05) is 17.2 Å². The highest BCUT2D eigenvalue weighted by Gasteiger charge is 2.22. The number of piperazine rings is 1. The van der Waals surface area contributed by atoms with Crippen molar-refractivity contribution in [1.29, 1.82) is 0 Å². The highest BCUT2D eigenvalue weighted by molar-refractivity contribution is 5.89. The largest absolute Gasteiger partial charge is 0.368 e. The number of fused-ring (bicyclic) bond motifs is 1. The number of anilines is 4. The SMILES string of the molecule is NCC1CCN(c2nc(Nc3ccc(N4CCN(C=O)CC4)cc3)nc3[nH]ccc23)CC1. The maximum Gasteiger partial charge on any atom is 0.231 e. The minimum atomic E-state index is 0.586. The molecule has 2 aliphatic heterocycles. The summed E-state index contributed by atoms with van der Waals surface area (Å²) >= 11 is 0. The minimum absolute atomic E-state index is 0.586. The molecule has 2 saturated heterocycles. The van der Waals surface area contributed by atoms with E-state index < -0.39 is 0 Å². The molecule has 168 valence electrons. The number of nitrogens with zero attached hydrogens (tertiary/aromatic N) is 5. The van der Waals surface area contributed by atoms with E-state index in [1.54, 1.807) is 0 Å². The zero-order valence-corrected chi connectivity index (χ0v) is 18.2. The number of nitrogens with one attached hydrogen (secondary N) is 2. The molecule has 0 spiro atoms. The fourth-order valence-corrected chi connectivity index (χ4v) is 4.57. The summed E-state index contributed by atoms with van der Waals surface area (Å²) in [6, 6.07) is 10.4. The Balaban J connectivity index is 1.31. The predicted octanol–water partition coefficient (Wildman–Crippen LogP) is 2.16. The van der Waals surface area contributed by atoms with Gasteiger partial charge in [0.25, 0.3) is 0 Å². The van der Waals surface area contributed by atoms with Gasteiger partial charge in [0.05, 0.1) is 5.39 Å². The van der Waals surface area contributed by atoms with Crippen molar-refractivity contribution in [1.82, 2.24) is 19.9 Å². The monoisotopic (exact) mass is 434 g/mol. The van der Waals surface area contributed by atoms with Gasteiger partial charge >= 0.3 is 0 Å². The first-order valence-corrected chi connectivity index (χ1v) is 11.3. The van der Waals surface area contributed by atoms with Crippen molar-refractivity contribution in [3.05, 3.63) is 36.5 Å². The van der Waals surface area contributed by atoms with E-state index in [1.165, 1.54) is 0 Å². The molecule has 0 bridgehead atoms. The number of carbonyl (C=O) groups is 1. The molecule has 0 atom stereocenters. The number of rotatable bonds is 6. The van der Waals surface area contributed by atoms with Gasteiger partial charge in [0.1, 0.15) is 11.5 Å². The standard InChI is InChI=1S/C23H30N8O/c24-15-17-6-9-31(10-7-17)22-20-5-8-25-21(20)27-23(28-22)26-18-1-3-19(4-2-18)30-13-11-29(16-32)12-14-30/h1-5,8,16-17H,6-7,9-15,24H2,(H2,25,26,27,28). The van der Waals surface area contributed by atoms with Crippen molar-refractivity contribution in [3.63, 3.8) is 0 Å². The van der Waals surface area contributed by atoms with Crippen LogP contribution in [0.3, 0.4) is 0 Å². The first-order chi connectivity index (χ1) is 15.7. The predicted molar refractivity (Wildman–Crippen MR) is 127 cm³/mol. The summed E-state index contributed by atoms with van der Waals surface area (Å²) < 4.78 is 0. The number of amides is 1. The van der Waals surface area contributed by atoms with Crippen LogP contribution in [0.2, 0.25) is 0 Å². The molecule has 32 heavy (non-hydrogen) atoms. The van der Waals surface area contributed by atoms with E-state index in [2.05, 4.69) is 49.4 Å². The van der Waals surface area contributed by atoms with Crippen LogP contribution < -0.4 is 20.9 Å². The molecule has 2 aliphatic rings. The fourth-order valence-electron chi connectivity index (χ4n) is 4.57. The lowest BCUT2D eigenvalue weighted by Crippen LogP contribution is -2.45. The van der Waals surface area contributed by atoms with Gasteiger partial charge in [0.15, 0.2) is 0 Å². The van der Waals surface area contributed by atoms with Crippen LogP contribution >= 0.6 is 0 Å². The molecule has 0 saturated carbocycles. The highest BCUT2D eigenvalue weighted by atomic mass is 16.1. The maximum absolute atomic E-state index is 10.9. The number of H-pyrrole nitrogens is 1. The number of aromatic amines is 1. The van der Waals surface area contributed by atoms with Crippen molar-refractivity contribution in [2.75, 3.05) is 60.9 Å². The first-order valence-electron chi connectivity index (χ1n) is 11.3. The lowest BCUT2D eigenvalue weighted by atomic mass is 9.97. The van der Waals surface area contributed by atoms with Gasteiger partial charge in [-0.15, -0.1) is 0 Å². The van der Waals surface area contributed by atoms with Crippen LogP contribution in [-0.2, 0) is 4.79 Å². The molecule has 0 unspecified atom stereocenters. The molecule has 9 nitrogen and oxygen atoms in total. The van der Waals surface area contributed by atoms with Gasteiger partial charge in [-0.05, 0) is 55.6 Å². The van der Waals surface area contributed by atoms with Crippen molar-refractivity contribution in [2.24, 2.45) is 11.7 Å². The molecule has 2 aromatic heterocycles. The lowest BCUT2D eigenvalue weighted by Gasteiger charge is -2.34. The third kappa shape index (κ3) is 4.20. The summed E-state index contributed by atoms with van der Waals surface area (Å²) in [6.07, 6.45) is 5.04. The Labute approximate surface area is 187 Å². The van der Waals surface area contributed by atoms with Crippen LogP contribution in [0.25, 0.3) is 11.0 Å². The Morgan fingerprint density at radius 2 is 1.75 bits per heavy atom. The average molecular weight is 435 g/mol. The van der Waals surface area contributed by atoms with Crippen molar-refractivity contribution < 1.29 is 4.79 Å². The topological polar surface area (TPSA) is 106 Å². The number of hydrogen-bond donors (Lipinski definition) is 3. The summed E-state index contributed by atoms with van der Waals surface area (Å²) in [5, 5.41) is 4.42. The van der Waals surface area contributed by atoms with E-state index >= 15 is 0 Å². The molecule has 9 heteroatoms. The van der Waals surface area contributed by atoms with Crippen molar-refractivity contribution in [2.45, 2.75) is 12.8 Å². The van der Waals surface area contributed by atoms with Crippen LogP contribution in [0, 0.1) is 5.92 Å². The van der Waals surface area contributed by atoms with Crippen molar-refractivity contribution in [3.8, 4) is 0 Å². The molecular formula is C23H30N8O. The van der Waals surface area contributed by atoms with E-state index in [0.717, 1.165) is 93.3 Å². The highest BCUT2D eigenvalue weighted by Crippen LogP contribution is 2.29. The number of benzene rings is 1. The van der Waals surface area contributed by atoms with Gasteiger partial charge < -0.3 is 30.7 Å². The van der Waals surface area contributed by atoms with Crippen LogP contribution in [0.4, 0.5) is 23.1 Å². The summed E-state index contributed by atoms with van der Waals surface area (Å²) in [4.78, 5) is 30.2. The average Bonchev–Trinajstić information content (AvgIpc) is 3.33. The smallest absolute Gasteiger partial charge is 0.231 e. The maximum atomic E-state index is 10.9. The molecule has 4 N–H and O–H groups in total. The summed E-state index contributed by atoms with van der Waals surface area (Å²) in [5.41, 5.74) is 8.80. The molecule has 3 aromatic rings. The van der Waals surface area contributed by atoms with Gasteiger partial charge in [-0.1, -0.05) is 0 Å². The number of carbonyl (C=O) groups excluding carboxylic acids is 1. The number of nitrogens with two attached hydrogens (primary N) is 1. The van der Waals surface area contributed by atoms with E-state index in [9.17, 15) is 4.79 Å². The third-order valence-corrected chi connectivity index (χ3v) is 6.59. The minimum Gasteiger partial charge on any atom is -0.368 e. The molecule has 0 radical (unpaired) electrons. The molecule has 0 aliphatic carbocycles. The zero-order chi connectivity index (χ0) is 21.9. The molecule has 5 rings (SSSR count). The number of hydrogen-bond acceptors (Lipinski definition) is 7. The third-order valence-electron chi connectivity index (χ3n) is 6.59. The molecule has 2 fully saturated rings. The zero-order valence-electron chi connectivity index (χ0n) is 18.2. The van der Waals surface area contributed by atoms with Gasteiger partial charge in [-0.25, -0.2) is 0 Å². The summed E-state index contributed by atoms with van der Waals surface area (Å²) in [6.45, 7) is 5.91. The normalized spacial score (nSPS) is 17.7. The van der Waals surface area contributed by atoms with E-state index in [-0.39, 0.29) is 0 Å². The van der Waals surface area contributed by atoms with Crippen LogP contribution in [0.5, 0.6) is 0 Å². The number of aromatic nitrogens is 3. The van der Waals surface area contributed by atoms with Gasteiger partial charge in [-0.3, -0.25) is 4.79 Å². The summed E-state index contributed by atoms with van der Waals surface area (Å²) in [7, 11) is 0.